The third-order valence-corrected chi connectivity index (χ3v) is 5.91. The number of rotatable bonds is 8. The molecule has 0 aliphatic heterocycles. The van der Waals surface area contributed by atoms with Crippen molar-refractivity contribution in [2.75, 3.05) is 0 Å². The van der Waals surface area contributed by atoms with Gasteiger partial charge in [-0.3, -0.25) is 4.79 Å². The van der Waals surface area contributed by atoms with Crippen LogP contribution in [0.15, 0.2) is 90.0 Å². The van der Waals surface area contributed by atoms with Gasteiger partial charge in [0.2, 0.25) is 0 Å². The standard InChI is InChI=1S/C26H23N3O2S/c1-19-25(32-24(28-19)16-20-8-4-2-5-9-20)26(30)29-27-17-21-12-14-23(15-13-21)31-18-22-10-6-3-7-11-22/h2-15,17H,16,18H2,1H3,(H,29,30)/b27-17+. The highest BCUT2D eigenvalue weighted by Crippen LogP contribution is 2.21. The Bertz CT molecular complexity index is 1190. The molecular formula is C26H23N3O2S. The Morgan fingerprint density at radius 1 is 0.969 bits per heavy atom. The van der Waals surface area contributed by atoms with Crippen molar-refractivity contribution in [1.82, 2.24) is 10.4 Å². The number of thiazole rings is 1. The van der Waals surface area contributed by atoms with E-state index in [-0.39, 0.29) is 5.91 Å². The van der Waals surface area contributed by atoms with Crippen molar-refractivity contribution < 1.29 is 9.53 Å². The lowest BCUT2D eigenvalue weighted by molar-refractivity contribution is 0.0958. The number of carbonyl (C=O) groups is 1. The zero-order valence-corrected chi connectivity index (χ0v) is 18.5. The number of ether oxygens (including phenoxy) is 1. The van der Waals surface area contributed by atoms with Gasteiger partial charge in [-0.05, 0) is 47.9 Å². The van der Waals surface area contributed by atoms with Crippen LogP contribution in [-0.4, -0.2) is 17.1 Å². The Labute approximate surface area is 191 Å². The van der Waals surface area contributed by atoms with Gasteiger partial charge >= 0.3 is 0 Å². The van der Waals surface area contributed by atoms with Crippen LogP contribution in [0.4, 0.5) is 0 Å². The Morgan fingerprint density at radius 2 is 1.62 bits per heavy atom. The molecule has 160 valence electrons. The molecule has 0 aliphatic rings. The Kier molecular flexibility index (Phi) is 7.05. The summed E-state index contributed by atoms with van der Waals surface area (Å²) < 4.78 is 5.79. The fraction of sp³-hybridized carbons (Fsp3) is 0.115. The molecule has 0 unspecified atom stereocenters. The largest absolute Gasteiger partial charge is 0.489 e. The normalized spacial score (nSPS) is 10.9. The Balaban J connectivity index is 1.30. The van der Waals surface area contributed by atoms with E-state index in [1.165, 1.54) is 16.9 Å². The van der Waals surface area contributed by atoms with E-state index in [9.17, 15) is 4.79 Å². The second-order valence-electron chi connectivity index (χ2n) is 7.23. The Hall–Kier alpha value is -3.77. The highest BCUT2D eigenvalue weighted by atomic mass is 32.1. The summed E-state index contributed by atoms with van der Waals surface area (Å²) in [6.07, 6.45) is 2.32. The van der Waals surface area contributed by atoms with E-state index >= 15 is 0 Å². The van der Waals surface area contributed by atoms with Crippen molar-refractivity contribution in [3.8, 4) is 5.75 Å². The monoisotopic (exact) mass is 441 g/mol. The average Bonchev–Trinajstić information content (AvgIpc) is 3.19. The first kappa shape index (κ1) is 21.5. The SMILES string of the molecule is Cc1nc(Cc2ccccc2)sc1C(=O)N/N=C/c1ccc(OCc2ccccc2)cc1. The summed E-state index contributed by atoms with van der Waals surface area (Å²) in [4.78, 5) is 17.6. The van der Waals surface area contributed by atoms with Gasteiger partial charge in [-0.2, -0.15) is 5.10 Å². The number of hydrogen-bond donors (Lipinski definition) is 1. The second-order valence-corrected chi connectivity index (χ2v) is 8.31. The number of nitrogens with one attached hydrogen (secondary N) is 1. The lowest BCUT2D eigenvalue weighted by atomic mass is 10.2. The first-order valence-corrected chi connectivity index (χ1v) is 11.1. The summed E-state index contributed by atoms with van der Waals surface area (Å²) >= 11 is 1.40. The lowest BCUT2D eigenvalue weighted by Crippen LogP contribution is -2.17. The third-order valence-electron chi connectivity index (χ3n) is 4.75. The van der Waals surface area contributed by atoms with Crippen molar-refractivity contribution in [3.05, 3.63) is 117 Å². The van der Waals surface area contributed by atoms with Gasteiger partial charge in [0.1, 0.15) is 17.2 Å². The van der Waals surface area contributed by atoms with E-state index in [4.69, 9.17) is 4.74 Å². The van der Waals surface area contributed by atoms with Crippen LogP contribution in [0.25, 0.3) is 0 Å². The zero-order valence-electron chi connectivity index (χ0n) is 17.7. The molecule has 4 rings (SSSR count). The second kappa shape index (κ2) is 10.5. The van der Waals surface area contributed by atoms with Gasteiger partial charge in [-0.15, -0.1) is 11.3 Å². The molecule has 0 spiro atoms. The van der Waals surface area contributed by atoms with Gasteiger partial charge < -0.3 is 4.74 Å². The summed E-state index contributed by atoms with van der Waals surface area (Å²) in [6, 6.07) is 27.7. The predicted octanol–water partition coefficient (Wildman–Crippen LogP) is 5.39. The summed E-state index contributed by atoms with van der Waals surface area (Å²) in [5.41, 5.74) is 6.46. The van der Waals surface area contributed by atoms with Crippen LogP contribution in [0.3, 0.4) is 0 Å². The van der Waals surface area contributed by atoms with Gasteiger partial charge in [0, 0.05) is 6.42 Å². The number of hydrogen-bond acceptors (Lipinski definition) is 5. The van der Waals surface area contributed by atoms with Gasteiger partial charge in [0.05, 0.1) is 16.9 Å². The minimum absolute atomic E-state index is 0.252. The van der Waals surface area contributed by atoms with E-state index in [1.807, 2.05) is 79.7 Å². The van der Waals surface area contributed by atoms with Crippen LogP contribution in [-0.2, 0) is 13.0 Å². The number of hydrazone groups is 1. The lowest BCUT2D eigenvalue weighted by Gasteiger charge is -2.06. The molecule has 0 atom stereocenters. The molecule has 0 bridgehead atoms. The van der Waals surface area contributed by atoms with Crippen LogP contribution in [0.5, 0.6) is 5.75 Å². The van der Waals surface area contributed by atoms with Gasteiger partial charge in [0.15, 0.2) is 0 Å². The van der Waals surface area contributed by atoms with Crippen LogP contribution >= 0.6 is 11.3 Å². The molecule has 0 saturated heterocycles. The van der Waals surface area contributed by atoms with E-state index < -0.39 is 0 Å². The average molecular weight is 442 g/mol. The van der Waals surface area contributed by atoms with Crippen molar-refractivity contribution >= 4 is 23.5 Å². The number of carbonyl (C=O) groups excluding carboxylic acids is 1. The summed E-state index contributed by atoms with van der Waals surface area (Å²) in [5.74, 6) is 0.527. The maximum Gasteiger partial charge on any atom is 0.283 e. The highest BCUT2D eigenvalue weighted by Gasteiger charge is 2.15. The first-order valence-electron chi connectivity index (χ1n) is 10.3. The van der Waals surface area contributed by atoms with Gasteiger partial charge in [-0.1, -0.05) is 60.7 Å². The molecule has 1 heterocycles. The van der Waals surface area contributed by atoms with Gasteiger partial charge in [0.25, 0.3) is 5.91 Å². The maximum absolute atomic E-state index is 12.5. The van der Waals surface area contributed by atoms with Crippen LogP contribution in [0.2, 0.25) is 0 Å². The molecule has 1 amide bonds. The molecule has 6 heteroatoms. The minimum atomic E-state index is -0.252. The predicted molar refractivity (Wildman–Crippen MR) is 128 cm³/mol. The van der Waals surface area contributed by atoms with Crippen molar-refractivity contribution in [2.45, 2.75) is 20.0 Å². The maximum atomic E-state index is 12.5. The van der Waals surface area contributed by atoms with Crippen LogP contribution in [0.1, 0.15) is 37.1 Å². The quantitative estimate of drug-likeness (QED) is 0.295. The molecule has 1 aromatic heterocycles. The molecule has 4 aromatic rings. The molecule has 0 fully saturated rings. The first-order chi connectivity index (χ1) is 15.7. The summed E-state index contributed by atoms with van der Waals surface area (Å²) in [6.45, 7) is 2.36. The van der Waals surface area contributed by atoms with Crippen LogP contribution < -0.4 is 10.2 Å². The highest BCUT2D eigenvalue weighted by molar-refractivity contribution is 7.13. The van der Waals surface area contributed by atoms with Gasteiger partial charge in [-0.25, -0.2) is 10.4 Å². The molecule has 3 aromatic carbocycles. The molecule has 32 heavy (non-hydrogen) atoms. The van der Waals surface area contributed by atoms with E-state index in [0.717, 1.165) is 21.9 Å². The summed E-state index contributed by atoms with van der Waals surface area (Å²) in [7, 11) is 0. The molecule has 1 N–H and O–H groups in total. The molecule has 0 saturated carbocycles. The molecular weight excluding hydrogens is 418 g/mol. The fourth-order valence-electron chi connectivity index (χ4n) is 3.12. The molecule has 5 nitrogen and oxygen atoms in total. The smallest absolute Gasteiger partial charge is 0.283 e. The molecule has 0 radical (unpaired) electrons. The number of benzene rings is 3. The van der Waals surface area contributed by atoms with E-state index in [0.29, 0.717) is 23.6 Å². The number of amides is 1. The van der Waals surface area contributed by atoms with E-state index in [2.05, 4.69) is 27.6 Å². The fourth-order valence-corrected chi connectivity index (χ4v) is 4.11. The minimum Gasteiger partial charge on any atom is -0.489 e. The molecule has 0 aliphatic carbocycles. The van der Waals surface area contributed by atoms with Crippen molar-refractivity contribution in [2.24, 2.45) is 5.10 Å². The number of aryl methyl sites for hydroxylation is 1. The number of aromatic nitrogens is 1. The third kappa shape index (κ3) is 5.89. The topological polar surface area (TPSA) is 63.6 Å². The van der Waals surface area contributed by atoms with Crippen molar-refractivity contribution in [1.29, 1.82) is 0 Å². The number of nitrogens with zero attached hydrogens (tertiary/aromatic N) is 2. The van der Waals surface area contributed by atoms with Crippen LogP contribution in [0, 0.1) is 6.92 Å². The zero-order chi connectivity index (χ0) is 22.2. The Morgan fingerprint density at radius 3 is 2.31 bits per heavy atom. The van der Waals surface area contributed by atoms with Crippen molar-refractivity contribution in [3.63, 3.8) is 0 Å². The van der Waals surface area contributed by atoms with E-state index in [1.54, 1.807) is 6.21 Å². The summed E-state index contributed by atoms with van der Waals surface area (Å²) in [5, 5.41) is 5.00.